The van der Waals surface area contributed by atoms with E-state index in [1.807, 2.05) is 24.3 Å². The van der Waals surface area contributed by atoms with E-state index in [1.54, 1.807) is 11.3 Å². The molecule has 0 saturated heterocycles. The van der Waals surface area contributed by atoms with Gasteiger partial charge in [0.1, 0.15) is 39.2 Å². The highest BCUT2D eigenvalue weighted by Crippen LogP contribution is 2.39. The third-order valence-corrected chi connectivity index (χ3v) is 6.57. The van der Waals surface area contributed by atoms with Crippen LogP contribution in [0.5, 0.6) is 0 Å². The number of fused-ring (bicyclic) bond motifs is 3. The van der Waals surface area contributed by atoms with E-state index in [1.165, 1.54) is 0 Å². The monoisotopic (exact) mass is 423 g/mol. The lowest BCUT2D eigenvalue weighted by molar-refractivity contribution is 1.07. The summed E-state index contributed by atoms with van der Waals surface area (Å²) in [7, 11) is 30.3. The molecule has 0 bridgehead atoms. The summed E-state index contributed by atoms with van der Waals surface area (Å²) in [6.07, 6.45) is 0. The highest BCUT2D eigenvalue weighted by molar-refractivity contribution is 7.26. The summed E-state index contributed by atoms with van der Waals surface area (Å²) < 4.78 is 2.20. The van der Waals surface area contributed by atoms with Gasteiger partial charge in [-0.2, -0.15) is 9.97 Å². The van der Waals surface area contributed by atoms with E-state index in [0.717, 1.165) is 25.7 Å². The zero-order valence-electron chi connectivity index (χ0n) is 16.1. The number of hydrogen-bond donors (Lipinski definition) is 0. The molecule has 5 rings (SSSR count). The molecule has 0 aliphatic carbocycles. The first-order chi connectivity index (χ1) is 14.9. The van der Waals surface area contributed by atoms with E-state index in [2.05, 4.69) is 33.2 Å². The van der Waals surface area contributed by atoms with Crippen LogP contribution >= 0.6 is 22.9 Å². The van der Waals surface area contributed by atoms with Gasteiger partial charge in [0.25, 0.3) is 0 Å². The number of rotatable bonds is 2. The molecule has 5 aromatic rings. The standard InChI is InChI=1S/C21H7B5ClN3S/c22-13-12(14(23)16(25)17(26)15(13)24)20-28-19(29-21(27)30-20)10-6-3-5-9-8-4-1-2-7-11(8)31-18(9)10/h1-7H. The Morgan fingerprint density at radius 1 is 0.645 bits per heavy atom. The smallest absolute Gasteiger partial charge is 0.208 e. The van der Waals surface area contributed by atoms with Crippen molar-refractivity contribution >= 4 is 110 Å². The van der Waals surface area contributed by atoms with Gasteiger partial charge in [-0.1, -0.05) is 41.3 Å². The summed E-state index contributed by atoms with van der Waals surface area (Å²) in [5.74, 6) is 0.557. The summed E-state index contributed by atoms with van der Waals surface area (Å²) in [5, 5.41) is 2.26. The molecule has 0 aliphatic rings. The Bertz CT molecular complexity index is 1490. The van der Waals surface area contributed by atoms with Gasteiger partial charge in [0.05, 0.1) is 0 Å². The molecule has 0 N–H and O–H groups in total. The average Bonchev–Trinajstić information content (AvgIpc) is 3.15. The first-order valence-electron chi connectivity index (χ1n) is 9.20. The molecule has 0 amide bonds. The number of thiophene rings is 1. The fourth-order valence-corrected chi connectivity index (χ4v) is 4.97. The Kier molecular flexibility index (Phi) is 4.99. The SMILES string of the molecule is [B]c1c([B])c([B])c(-c2nc(Cl)nc(-c3cccc4c3sc3ccccc34)n2)c([B])c1[B]. The Morgan fingerprint density at radius 3 is 2.00 bits per heavy atom. The zero-order valence-corrected chi connectivity index (χ0v) is 17.6. The Balaban J connectivity index is 1.79. The number of hydrogen-bond acceptors (Lipinski definition) is 4. The molecule has 0 atom stereocenters. The molecule has 31 heavy (non-hydrogen) atoms. The lowest BCUT2D eigenvalue weighted by atomic mass is 9.60. The van der Waals surface area contributed by atoms with Crippen molar-refractivity contribution in [3.8, 4) is 22.8 Å². The van der Waals surface area contributed by atoms with Crippen LogP contribution in [0.3, 0.4) is 0 Å². The van der Waals surface area contributed by atoms with Crippen LogP contribution < -0.4 is 27.3 Å². The normalized spacial score (nSPS) is 11.4. The van der Waals surface area contributed by atoms with Gasteiger partial charge in [0.15, 0.2) is 11.6 Å². The molecule has 0 saturated carbocycles. The van der Waals surface area contributed by atoms with Crippen LogP contribution in [0.15, 0.2) is 42.5 Å². The van der Waals surface area contributed by atoms with E-state index in [-0.39, 0.29) is 44.0 Å². The molecule has 0 aliphatic heterocycles. The number of nitrogens with zero attached hydrogens (tertiary/aromatic N) is 3. The minimum Gasteiger partial charge on any atom is -0.208 e. The van der Waals surface area contributed by atoms with Crippen LogP contribution in [-0.2, 0) is 0 Å². The largest absolute Gasteiger partial charge is 0.226 e. The summed E-state index contributed by atoms with van der Waals surface area (Å²) in [5.41, 5.74) is 1.72. The van der Waals surface area contributed by atoms with Crippen molar-refractivity contribution in [1.82, 2.24) is 15.0 Å². The lowest BCUT2D eigenvalue weighted by Crippen LogP contribution is -2.55. The molecule has 2 aromatic heterocycles. The molecule has 0 spiro atoms. The molecule has 0 fully saturated rings. The predicted molar refractivity (Wildman–Crippen MR) is 136 cm³/mol. The van der Waals surface area contributed by atoms with E-state index in [4.69, 9.17) is 50.8 Å². The molecule has 0 unspecified atom stereocenters. The third kappa shape index (κ3) is 3.22. The summed E-state index contributed by atoms with van der Waals surface area (Å²) >= 11 is 7.92. The molecule has 3 aromatic carbocycles. The second-order valence-corrected chi connectivity index (χ2v) is 8.37. The third-order valence-electron chi connectivity index (χ3n) is 5.18. The maximum absolute atomic E-state index is 6.27. The minimum absolute atomic E-state index is 0.00844. The van der Waals surface area contributed by atoms with E-state index in [0.29, 0.717) is 5.82 Å². The van der Waals surface area contributed by atoms with E-state index >= 15 is 0 Å². The number of aromatic nitrogens is 3. The van der Waals surface area contributed by atoms with Crippen molar-refractivity contribution in [3.05, 3.63) is 47.7 Å². The van der Waals surface area contributed by atoms with Crippen LogP contribution in [0.25, 0.3) is 42.9 Å². The van der Waals surface area contributed by atoms with Crippen molar-refractivity contribution in [2.24, 2.45) is 0 Å². The van der Waals surface area contributed by atoms with Crippen LogP contribution in [0, 0.1) is 0 Å². The average molecular weight is 423 g/mol. The molecule has 10 heteroatoms. The molecular formula is C21H7B5ClN3S. The van der Waals surface area contributed by atoms with Crippen LogP contribution in [0.4, 0.5) is 0 Å². The van der Waals surface area contributed by atoms with Crippen LogP contribution in [0.2, 0.25) is 5.28 Å². The maximum atomic E-state index is 6.27. The topological polar surface area (TPSA) is 38.7 Å². The molecule has 2 heterocycles. The minimum atomic E-state index is -0.00844. The van der Waals surface area contributed by atoms with Gasteiger partial charge in [-0.05, 0) is 23.7 Å². The Labute approximate surface area is 194 Å². The van der Waals surface area contributed by atoms with Crippen molar-refractivity contribution < 1.29 is 0 Å². The predicted octanol–water partition coefficient (Wildman–Crippen LogP) is 0.196. The van der Waals surface area contributed by atoms with Gasteiger partial charge in [0, 0.05) is 31.3 Å². The second kappa shape index (κ2) is 7.58. The fourth-order valence-electron chi connectivity index (χ4n) is 3.60. The highest BCUT2D eigenvalue weighted by atomic mass is 35.5. The summed E-state index contributed by atoms with van der Waals surface area (Å²) in [4.78, 5) is 13.2. The van der Waals surface area contributed by atoms with Crippen molar-refractivity contribution in [3.63, 3.8) is 0 Å². The fraction of sp³-hybridized carbons (Fsp3) is 0. The van der Waals surface area contributed by atoms with Crippen LogP contribution in [0.1, 0.15) is 0 Å². The van der Waals surface area contributed by atoms with E-state index < -0.39 is 0 Å². The quantitative estimate of drug-likeness (QED) is 0.381. The van der Waals surface area contributed by atoms with Gasteiger partial charge < -0.3 is 0 Å². The number of halogens is 1. The van der Waals surface area contributed by atoms with Gasteiger partial charge in [-0.3, -0.25) is 0 Å². The van der Waals surface area contributed by atoms with Gasteiger partial charge in [-0.25, -0.2) is 4.98 Å². The zero-order chi connectivity index (χ0) is 21.9. The molecule has 3 nitrogen and oxygen atoms in total. The van der Waals surface area contributed by atoms with Crippen molar-refractivity contribution in [2.75, 3.05) is 0 Å². The Morgan fingerprint density at radius 2 is 1.26 bits per heavy atom. The van der Waals surface area contributed by atoms with Crippen molar-refractivity contribution in [2.45, 2.75) is 0 Å². The number of benzene rings is 3. The maximum Gasteiger partial charge on any atom is 0.226 e. The molecule has 134 valence electrons. The van der Waals surface area contributed by atoms with Crippen LogP contribution in [-0.4, -0.2) is 54.2 Å². The summed E-state index contributed by atoms with van der Waals surface area (Å²) in [6.45, 7) is 0. The first-order valence-corrected chi connectivity index (χ1v) is 10.4. The lowest BCUT2D eigenvalue weighted by Gasteiger charge is -2.20. The second-order valence-electron chi connectivity index (χ2n) is 6.98. The van der Waals surface area contributed by atoms with Crippen molar-refractivity contribution in [1.29, 1.82) is 0 Å². The summed E-state index contributed by atoms with van der Waals surface area (Å²) in [6, 6.07) is 14.2. The van der Waals surface area contributed by atoms with Gasteiger partial charge in [-0.15, -0.1) is 27.7 Å². The van der Waals surface area contributed by atoms with Gasteiger partial charge in [0.2, 0.25) is 5.28 Å². The highest BCUT2D eigenvalue weighted by Gasteiger charge is 2.18. The first kappa shape index (κ1) is 20.4. The molecule has 10 radical (unpaired) electrons. The molecular weight excluding hydrogens is 416 g/mol. The van der Waals surface area contributed by atoms with E-state index in [9.17, 15) is 0 Å². The van der Waals surface area contributed by atoms with Gasteiger partial charge >= 0.3 is 0 Å². The Hall–Kier alpha value is -2.50.